The maximum absolute atomic E-state index is 13.8. The molecule has 0 saturated heterocycles. The van der Waals surface area contributed by atoms with Crippen molar-refractivity contribution in [3.8, 4) is 5.75 Å². The summed E-state index contributed by atoms with van der Waals surface area (Å²) in [5, 5.41) is 9.16. The lowest BCUT2D eigenvalue weighted by molar-refractivity contribution is -0.153. The fraction of sp³-hybridized carbons (Fsp3) is 0.333. The number of benzene rings is 1. The van der Waals surface area contributed by atoms with Gasteiger partial charge in [-0.05, 0) is 6.07 Å². The van der Waals surface area contributed by atoms with E-state index in [4.69, 9.17) is 9.84 Å². The van der Waals surface area contributed by atoms with Crippen LogP contribution in [-0.4, -0.2) is 24.0 Å². The van der Waals surface area contributed by atoms with Crippen LogP contribution in [0.5, 0.6) is 5.75 Å². The monoisotopic (exact) mass is 238 g/mol. The molecule has 0 unspecified atom stereocenters. The Morgan fingerprint density at radius 2 is 2.12 bits per heavy atom. The number of Topliss-reactive ketones (excluding diaryl/α,β-unsaturated/α-hetero) is 1. The minimum atomic E-state index is -1.40. The Bertz CT molecular complexity index is 487. The average molecular weight is 238 g/mol. The number of carboxylic acids is 1. The van der Waals surface area contributed by atoms with Crippen molar-refractivity contribution >= 4 is 11.8 Å². The summed E-state index contributed by atoms with van der Waals surface area (Å²) in [4.78, 5) is 22.2. The SMILES string of the molecule is COc1ccc(C2(C(=O)O)CC(=O)C2)c(F)c1. The fourth-order valence-corrected chi connectivity index (χ4v) is 2.09. The number of ether oxygens (including phenoxy) is 1. The molecule has 0 aliphatic heterocycles. The quantitative estimate of drug-likeness (QED) is 0.867. The third-order valence-electron chi connectivity index (χ3n) is 3.10. The lowest BCUT2D eigenvalue weighted by Crippen LogP contribution is -2.48. The number of methoxy groups -OCH3 is 1. The number of ketones is 1. The number of carbonyl (C=O) groups is 2. The Hall–Kier alpha value is -1.91. The summed E-state index contributed by atoms with van der Waals surface area (Å²) in [5.74, 6) is -1.67. The molecule has 90 valence electrons. The van der Waals surface area contributed by atoms with Crippen LogP contribution in [0, 0.1) is 5.82 Å². The lowest BCUT2D eigenvalue weighted by atomic mass is 9.63. The number of rotatable bonds is 3. The molecule has 0 aromatic heterocycles. The highest BCUT2D eigenvalue weighted by atomic mass is 19.1. The number of hydrogen-bond donors (Lipinski definition) is 1. The van der Waals surface area contributed by atoms with Gasteiger partial charge in [0.05, 0.1) is 7.11 Å². The Morgan fingerprint density at radius 1 is 1.47 bits per heavy atom. The van der Waals surface area contributed by atoms with E-state index in [0.29, 0.717) is 5.75 Å². The van der Waals surface area contributed by atoms with Crippen molar-refractivity contribution in [2.75, 3.05) is 7.11 Å². The highest BCUT2D eigenvalue weighted by Gasteiger charge is 2.52. The molecule has 0 heterocycles. The van der Waals surface area contributed by atoms with E-state index in [-0.39, 0.29) is 24.2 Å². The second-order valence-corrected chi connectivity index (χ2v) is 4.13. The summed E-state index contributed by atoms with van der Waals surface area (Å²) in [6, 6.07) is 3.99. The fourth-order valence-electron chi connectivity index (χ4n) is 2.09. The van der Waals surface area contributed by atoms with E-state index in [0.717, 1.165) is 6.07 Å². The summed E-state index contributed by atoms with van der Waals surface area (Å²) < 4.78 is 18.6. The first-order valence-electron chi connectivity index (χ1n) is 5.09. The van der Waals surface area contributed by atoms with Crippen molar-refractivity contribution in [3.05, 3.63) is 29.6 Å². The zero-order valence-corrected chi connectivity index (χ0v) is 9.20. The molecule has 2 rings (SSSR count). The Balaban J connectivity index is 2.45. The largest absolute Gasteiger partial charge is 0.497 e. The van der Waals surface area contributed by atoms with Crippen LogP contribution >= 0.6 is 0 Å². The second-order valence-electron chi connectivity index (χ2n) is 4.13. The van der Waals surface area contributed by atoms with E-state index in [1.807, 2.05) is 0 Å². The summed E-state index contributed by atoms with van der Waals surface area (Å²) >= 11 is 0. The topological polar surface area (TPSA) is 63.6 Å². The summed E-state index contributed by atoms with van der Waals surface area (Å²) in [7, 11) is 1.40. The lowest BCUT2D eigenvalue weighted by Gasteiger charge is -2.36. The van der Waals surface area contributed by atoms with Crippen molar-refractivity contribution in [2.45, 2.75) is 18.3 Å². The third-order valence-corrected chi connectivity index (χ3v) is 3.10. The first kappa shape index (κ1) is 11.6. The summed E-state index contributed by atoms with van der Waals surface area (Å²) in [5.41, 5.74) is -1.35. The summed E-state index contributed by atoms with van der Waals surface area (Å²) in [6.07, 6.45) is -0.294. The molecule has 0 amide bonds. The molecule has 1 aliphatic rings. The molecular formula is C12H11FO4. The second kappa shape index (κ2) is 3.84. The Labute approximate surface area is 97.0 Å². The number of carboxylic acid groups (broad SMARTS) is 1. The third kappa shape index (κ3) is 1.67. The Kier molecular flexibility index (Phi) is 2.61. The van der Waals surface area contributed by atoms with Crippen molar-refractivity contribution in [2.24, 2.45) is 0 Å². The van der Waals surface area contributed by atoms with Gasteiger partial charge < -0.3 is 9.84 Å². The van der Waals surface area contributed by atoms with Crippen molar-refractivity contribution in [1.82, 2.24) is 0 Å². The first-order chi connectivity index (χ1) is 7.99. The molecule has 4 nitrogen and oxygen atoms in total. The molecular weight excluding hydrogens is 227 g/mol. The molecule has 1 aromatic carbocycles. The van der Waals surface area contributed by atoms with Crippen molar-refractivity contribution < 1.29 is 23.8 Å². The van der Waals surface area contributed by atoms with Crippen LogP contribution in [0.15, 0.2) is 18.2 Å². The van der Waals surface area contributed by atoms with E-state index in [1.54, 1.807) is 0 Å². The molecule has 17 heavy (non-hydrogen) atoms. The van der Waals surface area contributed by atoms with Gasteiger partial charge in [-0.2, -0.15) is 0 Å². The van der Waals surface area contributed by atoms with Gasteiger partial charge in [-0.15, -0.1) is 0 Å². The van der Waals surface area contributed by atoms with E-state index in [2.05, 4.69) is 0 Å². The molecule has 5 heteroatoms. The highest BCUT2D eigenvalue weighted by Crippen LogP contribution is 2.43. The van der Waals surface area contributed by atoms with Gasteiger partial charge >= 0.3 is 5.97 Å². The van der Waals surface area contributed by atoms with Crippen LogP contribution in [0.25, 0.3) is 0 Å². The molecule has 0 radical (unpaired) electrons. The van der Waals surface area contributed by atoms with Gasteiger partial charge in [-0.3, -0.25) is 9.59 Å². The highest BCUT2D eigenvalue weighted by molar-refractivity contribution is 6.01. The molecule has 0 bridgehead atoms. The van der Waals surface area contributed by atoms with Gasteiger partial charge in [0, 0.05) is 24.5 Å². The van der Waals surface area contributed by atoms with Crippen molar-refractivity contribution in [3.63, 3.8) is 0 Å². The van der Waals surface area contributed by atoms with E-state index < -0.39 is 17.2 Å². The zero-order chi connectivity index (χ0) is 12.6. The Morgan fingerprint density at radius 3 is 2.53 bits per heavy atom. The molecule has 0 atom stereocenters. The molecule has 1 saturated carbocycles. The average Bonchev–Trinajstić information content (AvgIpc) is 2.24. The van der Waals surface area contributed by atoms with E-state index >= 15 is 0 Å². The van der Waals surface area contributed by atoms with Crippen LogP contribution in [0.4, 0.5) is 4.39 Å². The number of aliphatic carboxylic acids is 1. The van der Waals surface area contributed by atoms with Crippen LogP contribution < -0.4 is 4.74 Å². The minimum absolute atomic E-state index is 0.0467. The maximum atomic E-state index is 13.8. The molecule has 1 N–H and O–H groups in total. The van der Waals surface area contributed by atoms with E-state index in [1.165, 1.54) is 19.2 Å². The van der Waals surface area contributed by atoms with Gasteiger partial charge in [0.1, 0.15) is 22.8 Å². The number of hydrogen-bond acceptors (Lipinski definition) is 3. The molecule has 1 aliphatic carbocycles. The normalized spacial score (nSPS) is 17.4. The predicted octanol–water partition coefficient (Wildman–Crippen LogP) is 1.52. The van der Waals surface area contributed by atoms with E-state index in [9.17, 15) is 14.0 Å². The summed E-state index contributed by atoms with van der Waals surface area (Å²) in [6.45, 7) is 0. The van der Waals surface area contributed by atoms with Gasteiger partial charge in [-0.25, -0.2) is 4.39 Å². The maximum Gasteiger partial charge on any atom is 0.315 e. The van der Waals surface area contributed by atoms with Crippen molar-refractivity contribution in [1.29, 1.82) is 0 Å². The molecule has 1 aromatic rings. The molecule has 0 spiro atoms. The van der Waals surface area contributed by atoms with Gasteiger partial charge in [0.25, 0.3) is 0 Å². The molecule has 1 fully saturated rings. The van der Waals surface area contributed by atoms with Gasteiger partial charge in [0.2, 0.25) is 0 Å². The van der Waals surface area contributed by atoms with Crippen LogP contribution in [0.3, 0.4) is 0 Å². The number of halogens is 1. The van der Waals surface area contributed by atoms with Crippen LogP contribution in [0.2, 0.25) is 0 Å². The standard InChI is InChI=1S/C12H11FO4/c1-17-8-2-3-9(10(13)4-8)12(11(15)16)5-7(14)6-12/h2-4H,5-6H2,1H3,(H,15,16). The van der Waals surface area contributed by atoms with Gasteiger partial charge in [-0.1, -0.05) is 6.07 Å². The first-order valence-corrected chi connectivity index (χ1v) is 5.09. The minimum Gasteiger partial charge on any atom is -0.497 e. The van der Waals surface area contributed by atoms with Gasteiger partial charge in [0.15, 0.2) is 0 Å². The zero-order valence-electron chi connectivity index (χ0n) is 9.20. The van der Waals surface area contributed by atoms with Crippen LogP contribution in [0.1, 0.15) is 18.4 Å². The smallest absolute Gasteiger partial charge is 0.315 e. The predicted molar refractivity (Wildman–Crippen MR) is 56.5 cm³/mol. The number of carbonyl (C=O) groups excluding carboxylic acids is 1. The van der Waals surface area contributed by atoms with Crippen LogP contribution in [-0.2, 0) is 15.0 Å².